The Morgan fingerprint density at radius 1 is 1.53 bits per heavy atom. The van der Waals surface area contributed by atoms with Gasteiger partial charge in [0.15, 0.2) is 0 Å². The molecule has 1 fully saturated rings. The van der Waals surface area contributed by atoms with Gasteiger partial charge in [-0.15, -0.1) is 11.3 Å². The lowest BCUT2D eigenvalue weighted by atomic mass is 10.0. The van der Waals surface area contributed by atoms with Gasteiger partial charge in [0, 0.05) is 21.9 Å². The molecule has 0 saturated heterocycles. The van der Waals surface area contributed by atoms with Crippen LogP contribution >= 0.6 is 43.2 Å². The molecule has 1 aliphatic rings. The first kappa shape index (κ1) is 13.8. The van der Waals surface area contributed by atoms with Crippen molar-refractivity contribution in [1.29, 1.82) is 0 Å². The lowest BCUT2D eigenvalue weighted by Crippen LogP contribution is -2.21. The molecule has 1 N–H and O–H groups in total. The molecular formula is C13H17Br2NS. The smallest absolute Gasteiger partial charge is 0.0846 e. The molecule has 1 nitrogen and oxygen atoms in total. The number of halogens is 2. The van der Waals surface area contributed by atoms with Crippen LogP contribution in [0.1, 0.15) is 31.6 Å². The van der Waals surface area contributed by atoms with E-state index in [1.54, 1.807) is 11.3 Å². The van der Waals surface area contributed by atoms with E-state index in [2.05, 4.69) is 63.2 Å². The lowest BCUT2D eigenvalue weighted by Gasteiger charge is -2.12. The molecule has 0 bridgehead atoms. The molecule has 1 aliphatic carbocycles. The van der Waals surface area contributed by atoms with Crippen LogP contribution in [0.15, 0.2) is 19.9 Å². The molecule has 4 heteroatoms. The minimum Gasteiger partial charge on any atom is -0.310 e. The summed E-state index contributed by atoms with van der Waals surface area (Å²) in [6.45, 7) is 5.55. The summed E-state index contributed by atoms with van der Waals surface area (Å²) in [4.78, 5) is 1.31. The lowest BCUT2D eigenvalue weighted by molar-refractivity contribution is 0.663. The molecule has 1 heterocycles. The van der Waals surface area contributed by atoms with Gasteiger partial charge in [-0.2, -0.15) is 0 Å². The van der Waals surface area contributed by atoms with Crippen LogP contribution in [0.4, 0.5) is 0 Å². The quantitative estimate of drug-likeness (QED) is 0.754. The first-order valence-corrected chi connectivity index (χ1v) is 8.35. The number of hydrogen-bond donors (Lipinski definition) is 1. The van der Waals surface area contributed by atoms with Crippen molar-refractivity contribution in [2.45, 2.75) is 32.7 Å². The standard InChI is InChI=1S/C13H17Br2NS/c1-8(2)9(7-16-10-3-4-10)5-11-6-12(14)13(15)17-11/h5-6,8,10,16H,3-4,7H2,1-2H3. The van der Waals surface area contributed by atoms with E-state index in [-0.39, 0.29) is 0 Å². The molecule has 0 amide bonds. The molecule has 1 aromatic heterocycles. The van der Waals surface area contributed by atoms with Crippen molar-refractivity contribution in [2.24, 2.45) is 5.92 Å². The van der Waals surface area contributed by atoms with Crippen molar-refractivity contribution < 1.29 is 0 Å². The van der Waals surface area contributed by atoms with Gasteiger partial charge >= 0.3 is 0 Å². The third kappa shape index (κ3) is 4.19. The predicted octanol–water partition coefficient (Wildman–Crippen LogP) is 5.06. The molecule has 0 aliphatic heterocycles. The van der Waals surface area contributed by atoms with Crippen LogP contribution < -0.4 is 5.32 Å². The van der Waals surface area contributed by atoms with Gasteiger partial charge in [0.1, 0.15) is 0 Å². The van der Waals surface area contributed by atoms with Crippen LogP contribution in [-0.2, 0) is 0 Å². The third-order valence-corrected chi connectivity index (χ3v) is 6.11. The van der Waals surface area contributed by atoms with Crippen molar-refractivity contribution in [3.8, 4) is 0 Å². The summed E-state index contributed by atoms with van der Waals surface area (Å²) in [5, 5.41) is 3.59. The molecule has 0 spiro atoms. The van der Waals surface area contributed by atoms with Crippen molar-refractivity contribution in [1.82, 2.24) is 5.32 Å². The van der Waals surface area contributed by atoms with Crippen LogP contribution in [-0.4, -0.2) is 12.6 Å². The normalized spacial score (nSPS) is 16.9. The second kappa shape index (κ2) is 6.00. The fourth-order valence-electron chi connectivity index (χ4n) is 1.59. The summed E-state index contributed by atoms with van der Waals surface area (Å²) in [5.41, 5.74) is 1.48. The highest BCUT2D eigenvalue weighted by Crippen LogP contribution is 2.34. The predicted molar refractivity (Wildman–Crippen MR) is 83.6 cm³/mol. The summed E-state index contributed by atoms with van der Waals surface area (Å²) < 4.78 is 2.31. The Labute approximate surface area is 124 Å². The van der Waals surface area contributed by atoms with Gasteiger partial charge in [-0.1, -0.05) is 19.4 Å². The topological polar surface area (TPSA) is 12.0 Å². The Balaban J connectivity index is 2.07. The first-order valence-electron chi connectivity index (χ1n) is 5.95. The fourth-order valence-corrected chi connectivity index (χ4v) is 3.66. The Morgan fingerprint density at radius 3 is 2.71 bits per heavy atom. The van der Waals surface area contributed by atoms with Gasteiger partial charge in [-0.25, -0.2) is 0 Å². The van der Waals surface area contributed by atoms with Gasteiger partial charge in [0.05, 0.1) is 3.79 Å². The SMILES string of the molecule is CC(C)C(=Cc1cc(Br)c(Br)s1)CNC1CC1. The second-order valence-electron chi connectivity index (χ2n) is 4.80. The average Bonchev–Trinajstić information content (AvgIpc) is 3.01. The average molecular weight is 379 g/mol. The van der Waals surface area contributed by atoms with Crippen molar-refractivity contribution in [3.63, 3.8) is 0 Å². The van der Waals surface area contributed by atoms with Crippen LogP contribution in [0.2, 0.25) is 0 Å². The monoisotopic (exact) mass is 377 g/mol. The number of nitrogens with one attached hydrogen (secondary N) is 1. The van der Waals surface area contributed by atoms with E-state index in [0.29, 0.717) is 5.92 Å². The molecule has 0 atom stereocenters. The molecule has 1 saturated carbocycles. The number of hydrogen-bond acceptors (Lipinski definition) is 2. The molecular weight excluding hydrogens is 362 g/mol. The van der Waals surface area contributed by atoms with Crippen molar-refractivity contribution in [3.05, 3.63) is 24.8 Å². The van der Waals surface area contributed by atoms with Crippen LogP contribution in [0, 0.1) is 5.92 Å². The minimum atomic E-state index is 0.598. The van der Waals surface area contributed by atoms with Crippen LogP contribution in [0.25, 0.3) is 6.08 Å². The van der Waals surface area contributed by atoms with E-state index in [1.807, 2.05) is 0 Å². The fraction of sp³-hybridized carbons (Fsp3) is 0.538. The van der Waals surface area contributed by atoms with Gasteiger partial charge in [-0.3, -0.25) is 0 Å². The number of rotatable bonds is 5. The van der Waals surface area contributed by atoms with Gasteiger partial charge in [0.25, 0.3) is 0 Å². The molecule has 2 rings (SSSR count). The largest absolute Gasteiger partial charge is 0.310 e. The van der Waals surface area contributed by atoms with E-state index in [0.717, 1.165) is 17.1 Å². The third-order valence-electron chi connectivity index (χ3n) is 2.91. The van der Waals surface area contributed by atoms with Gasteiger partial charge in [-0.05, 0) is 62.8 Å². The molecule has 1 aromatic rings. The second-order valence-corrected chi connectivity index (χ2v) is 8.06. The summed E-state index contributed by atoms with van der Waals surface area (Å²) in [6.07, 6.45) is 5.02. The van der Waals surface area contributed by atoms with Crippen molar-refractivity contribution in [2.75, 3.05) is 6.54 Å². The molecule has 0 radical (unpaired) electrons. The summed E-state index contributed by atoms with van der Waals surface area (Å²) >= 11 is 8.85. The van der Waals surface area contributed by atoms with Gasteiger partial charge in [0.2, 0.25) is 0 Å². The Morgan fingerprint density at radius 2 is 2.24 bits per heavy atom. The Hall–Kier alpha value is 0.360. The maximum absolute atomic E-state index is 3.59. The Kier molecular flexibility index (Phi) is 4.87. The highest BCUT2D eigenvalue weighted by Gasteiger charge is 2.20. The highest BCUT2D eigenvalue weighted by molar-refractivity contribution is 9.13. The van der Waals surface area contributed by atoms with Crippen molar-refractivity contribution >= 4 is 49.3 Å². The van der Waals surface area contributed by atoms with Gasteiger partial charge < -0.3 is 5.32 Å². The van der Waals surface area contributed by atoms with E-state index >= 15 is 0 Å². The van der Waals surface area contributed by atoms with E-state index in [9.17, 15) is 0 Å². The zero-order chi connectivity index (χ0) is 12.4. The molecule has 94 valence electrons. The van der Waals surface area contributed by atoms with Crippen LogP contribution in [0.5, 0.6) is 0 Å². The van der Waals surface area contributed by atoms with E-state index in [1.165, 1.54) is 27.1 Å². The molecule has 0 unspecified atom stereocenters. The maximum atomic E-state index is 3.59. The summed E-state index contributed by atoms with van der Waals surface area (Å²) in [6, 6.07) is 2.95. The zero-order valence-electron chi connectivity index (χ0n) is 10.1. The molecule has 0 aromatic carbocycles. The highest BCUT2D eigenvalue weighted by atomic mass is 79.9. The first-order chi connectivity index (χ1) is 8.06. The zero-order valence-corrected chi connectivity index (χ0v) is 14.1. The number of thiophene rings is 1. The summed E-state index contributed by atoms with van der Waals surface area (Å²) in [5.74, 6) is 0.598. The Bertz CT molecular complexity index is 400. The summed E-state index contributed by atoms with van der Waals surface area (Å²) in [7, 11) is 0. The van der Waals surface area contributed by atoms with E-state index < -0.39 is 0 Å². The maximum Gasteiger partial charge on any atom is 0.0846 e. The minimum absolute atomic E-state index is 0.598. The van der Waals surface area contributed by atoms with Crippen LogP contribution in [0.3, 0.4) is 0 Å². The molecule has 17 heavy (non-hydrogen) atoms. The van der Waals surface area contributed by atoms with E-state index in [4.69, 9.17) is 0 Å².